The summed E-state index contributed by atoms with van der Waals surface area (Å²) in [4.78, 5) is 0. The molecule has 0 saturated carbocycles. The molecule has 1 unspecified atom stereocenters. The lowest BCUT2D eigenvalue weighted by atomic mass is 9.99. The molecule has 2 rings (SSSR count). The van der Waals surface area contributed by atoms with Crippen LogP contribution in [0, 0.1) is 5.82 Å². The predicted molar refractivity (Wildman–Crippen MR) is 80.9 cm³/mol. The van der Waals surface area contributed by atoms with Gasteiger partial charge in [-0.05, 0) is 57.7 Å². The third kappa shape index (κ3) is 3.56. The summed E-state index contributed by atoms with van der Waals surface area (Å²) >= 11 is 3.14. The summed E-state index contributed by atoms with van der Waals surface area (Å²) in [6.45, 7) is 0. The summed E-state index contributed by atoms with van der Waals surface area (Å²) in [6.07, 6.45) is 0.648. The molecular formula is C15H16BrFN2O. The molecule has 0 saturated heterocycles. The lowest BCUT2D eigenvalue weighted by Gasteiger charge is -2.17. The van der Waals surface area contributed by atoms with Gasteiger partial charge in [0.05, 0.1) is 17.6 Å². The molecule has 0 heterocycles. The molecule has 0 fully saturated rings. The highest BCUT2D eigenvalue weighted by Gasteiger charge is 2.13. The van der Waals surface area contributed by atoms with Crippen molar-refractivity contribution in [2.45, 2.75) is 12.5 Å². The number of nitrogens with one attached hydrogen (secondary N) is 1. The Bertz CT molecular complexity index is 592. The fraction of sp³-hybridized carbons (Fsp3) is 0.200. The second-order valence-electron chi connectivity index (χ2n) is 4.45. The Labute approximate surface area is 126 Å². The molecule has 0 amide bonds. The molecule has 1 atom stereocenters. The first-order valence-corrected chi connectivity index (χ1v) is 6.97. The third-order valence-electron chi connectivity index (χ3n) is 3.12. The minimum atomic E-state index is -0.298. The first-order chi connectivity index (χ1) is 9.63. The minimum absolute atomic E-state index is 0.162. The van der Waals surface area contributed by atoms with Crippen molar-refractivity contribution in [3.8, 4) is 5.75 Å². The SMILES string of the molecule is COc1cccc(CC(NN)c2ccc(Br)c(F)c2)c1. The molecule has 2 aromatic carbocycles. The first-order valence-electron chi connectivity index (χ1n) is 6.18. The highest BCUT2D eigenvalue weighted by molar-refractivity contribution is 9.10. The van der Waals surface area contributed by atoms with E-state index in [1.165, 1.54) is 6.07 Å². The van der Waals surface area contributed by atoms with Crippen LogP contribution in [0.5, 0.6) is 5.75 Å². The molecule has 0 spiro atoms. The average molecular weight is 339 g/mol. The zero-order valence-corrected chi connectivity index (χ0v) is 12.7. The fourth-order valence-corrected chi connectivity index (χ4v) is 2.28. The van der Waals surface area contributed by atoms with Crippen molar-refractivity contribution in [2.24, 2.45) is 5.84 Å². The number of hydrogen-bond acceptors (Lipinski definition) is 3. The van der Waals surface area contributed by atoms with Crippen LogP contribution in [0.4, 0.5) is 4.39 Å². The van der Waals surface area contributed by atoms with E-state index in [0.717, 1.165) is 16.9 Å². The van der Waals surface area contributed by atoms with E-state index in [9.17, 15) is 4.39 Å². The molecule has 0 aromatic heterocycles. The van der Waals surface area contributed by atoms with Crippen molar-refractivity contribution in [1.29, 1.82) is 0 Å². The Hall–Kier alpha value is -1.43. The van der Waals surface area contributed by atoms with Crippen molar-refractivity contribution < 1.29 is 9.13 Å². The fourth-order valence-electron chi connectivity index (χ4n) is 2.04. The van der Waals surface area contributed by atoms with Crippen molar-refractivity contribution in [3.63, 3.8) is 0 Å². The van der Waals surface area contributed by atoms with E-state index in [0.29, 0.717) is 10.9 Å². The van der Waals surface area contributed by atoms with Crippen LogP contribution in [0.1, 0.15) is 17.2 Å². The van der Waals surface area contributed by atoms with E-state index in [2.05, 4.69) is 21.4 Å². The van der Waals surface area contributed by atoms with E-state index < -0.39 is 0 Å². The smallest absolute Gasteiger partial charge is 0.137 e. The first kappa shape index (κ1) is 15.0. The van der Waals surface area contributed by atoms with Crippen LogP contribution in [-0.2, 0) is 6.42 Å². The van der Waals surface area contributed by atoms with Gasteiger partial charge in [0.2, 0.25) is 0 Å². The lowest BCUT2D eigenvalue weighted by molar-refractivity contribution is 0.414. The summed E-state index contributed by atoms with van der Waals surface area (Å²) in [5.74, 6) is 6.09. The van der Waals surface area contributed by atoms with Gasteiger partial charge in [0.25, 0.3) is 0 Å². The molecule has 3 N–H and O–H groups in total. The molecule has 20 heavy (non-hydrogen) atoms. The maximum Gasteiger partial charge on any atom is 0.137 e. The van der Waals surface area contributed by atoms with Crippen molar-refractivity contribution in [1.82, 2.24) is 5.43 Å². The number of benzene rings is 2. The normalized spacial score (nSPS) is 12.2. The monoisotopic (exact) mass is 338 g/mol. The maximum absolute atomic E-state index is 13.6. The van der Waals surface area contributed by atoms with Gasteiger partial charge in [-0.25, -0.2) is 4.39 Å². The molecule has 106 valence electrons. The van der Waals surface area contributed by atoms with Gasteiger partial charge in [-0.1, -0.05) is 18.2 Å². The quantitative estimate of drug-likeness (QED) is 0.649. The zero-order valence-electron chi connectivity index (χ0n) is 11.1. The second kappa shape index (κ2) is 6.83. The number of nitrogens with two attached hydrogens (primary N) is 1. The Kier molecular flexibility index (Phi) is 5.11. The van der Waals surface area contributed by atoms with E-state index in [4.69, 9.17) is 10.6 Å². The highest BCUT2D eigenvalue weighted by atomic mass is 79.9. The number of ether oxygens (including phenoxy) is 1. The average Bonchev–Trinajstić information content (AvgIpc) is 2.48. The molecule has 5 heteroatoms. The van der Waals surface area contributed by atoms with Crippen LogP contribution < -0.4 is 16.0 Å². The molecule has 2 aromatic rings. The van der Waals surface area contributed by atoms with Gasteiger partial charge in [-0.15, -0.1) is 0 Å². The van der Waals surface area contributed by atoms with Gasteiger partial charge in [0.15, 0.2) is 0 Å². The summed E-state index contributed by atoms with van der Waals surface area (Å²) < 4.78 is 19.2. The summed E-state index contributed by atoms with van der Waals surface area (Å²) in [7, 11) is 1.63. The van der Waals surface area contributed by atoms with Crippen LogP contribution in [0.3, 0.4) is 0 Å². The van der Waals surface area contributed by atoms with Crippen molar-refractivity contribution >= 4 is 15.9 Å². The second-order valence-corrected chi connectivity index (χ2v) is 5.30. The van der Waals surface area contributed by atoms with Gasteiger partial charge in [-0.3, -0.25) is 11.3 Å². The van der Waals surface area contributed by atoms with E-state index >= 15 is 0 Å². The lowest BCUT2D eigenvalue weighted by Crippen LogP contribution is -2.29. The van der Waals surface area contributed by atoms with Gasteiger partial charge in [-0.2, -0.15) is 0 Å². The van der Waals surface area contributed by atoms with Crippen LogP contribution in [0.25, 0.3) is 0 Å². The van der Waals surface area contributed by atoms with Crippen LogP contribution in [0.2, 0.25) is 0 Å². The number of halogens is 2. The summed E-state index contributed by atoms with van der Waals surface area (Å²) in [6, 6.07) is 12.6. The van der Waals surface area contributed by atoms with E-state index in [1.807, 2.05) is 30.3 Å². The van der Waals surface area contributed by atoms with Crippen LogP contribution in [0.15, 0.2) is 46.9 Å². The van der Waals surface area contributed by atoms with Gasteiger partial charge in [0.1, 0.15) is 11.6 Å². The van der Waals surface area contributed by atoms with Gasteiger partial charge < -0.3 is 4.74 Å². The van der Waals surface area contributed by atoms with E-state index in [1.54, 1.807) is 13.2 Å². The standard InChI is InChI=1S/C15H16BrFN2O/c1-20-12-4-2-3-10(7-12)8-15(19-18)11-5-6-13(16)14(17)9-11/h2-7,9,15,19H,8,18H2,1H3. The van der Waals surface area contributed by atoms with Gasteiger partial charge >= 0.3 is 0 Å². The molecule has 0 aliphatic heterocycles. The zero-order chi connectivity index (χ0) is 14.5. The predicted octanol–water partition coefficient (Wildman–Crippen LogP) is 3.34. The van der Waals surface area contributed by atoms with Gasteiger partial charge in [0, 0.05) is 0 Å². The Balaban J connectivity index is 2.21. The largest absolute Gasteiger partial charge is 0.497 e. The Morgan fingerprint density at radius 3 is 2.75 bits per heavy atom. The van der Waals surface area contributed by atoms with Crippen molar-refractivity contribution in [2.75, 3.05) is 7.11 Å². The number of methoxy groups -OCH3 is 1. The summed E-state index contributed by atoms with van der Waals surface area (Å²) in [5.41, 5.74) is 4.60. The van der Waals surface area contributed by atoms with Crippen LogP contribution in [-0.4, -0.2) is 7.11 Å². The highest BCUT2D eigenvalue weighted by Crippen LogP contribution is 2.24. The molecular weight excluding hydrogens is 323 g/mol. The molecule has 0 aliphatic carbocycles. The minimum Gasteiger partial charge on any atom is -0.497 e. The van der Waals surface area contributed by atoms with Crippen LogP contribution >= 0.6 is 15.9 Å². The molecule has 0 bridgehead atoms. The number of rotatable bonds is 5. The Morgan fingerprint density at radius 1 is 1.30 bits per heavy atom. The summed E-state index contributed by atoms with van der Waals surface area (Å²) in [5, 5.41) is 0. The molecule has 0 radical (unpaired) electrons. The molecule has 0 aliphatic rings. The topological polar surface area (TPSA) is 47.3 Å². The maximum atomic E-state index is 13.6. The number of hydrazine groups is 1. The van der Waals surface area contributed by atoms with Crippen molar-refractivity contribution in [3.05, 3.63) is 63.9 Å². The third-order valence-corrected chi connectivity index (χ3v) is 3.76. The molecule has 3 nitrogen and oxygen atoms in total. The Morgan fingerprint density at radius 2 is 2.10 bits per heavy atom. The number of hydrogen-bond donors (Lipinski definition) is 2. The van der Waals surface area contributed by atoms with E-state index in [-0.39, 0.29) is 11.9 Å².